The van der Waals surface area contributed by atoms with E-state index in [0.717, 1.165) is 10.9 Å². The minimum absolute atomic E-state index is 0.315. The fourth-order valence-electron chi connectivity index (χ4n) is 2.10. The molecule has 0 aliphatic heterocycles. The van der Waals surface area contributed by atoms with Gasteiger partial charge in [0.1, 0.15) is 0 Å². The highest BCUT2D eigenvalue weighted by atomic mass is 16.5. The average molecular weight is 259 g/mol. The van der Waals surface area contributed by atoms with Gasteiger partial charge in [-0.25, -0.2) is 4.79 Å². The SMILES string of the molecule is C=CCC(O)c1cn(C(=O)OCC)c2ccccc12. The van der Waals surface area contributed by atoms with E-state index < -0.39 is 12.2 Å². The maximum atomic E-state index is 11.9. The van der Waals surface area contributed by atoms with Crippen molar-refractivity contribution in [3.8, 4) is 0 Å². The van der Waals surface area contributed by atoms with Gasteiger partial charge in [0.25, 0.3) is 0 Å². The van der Waals surface area contributed by atoms with Crippen LogP contribution in [0, 0.1) is 0 Å². The van der Waals surface area contributed by atoms with Gasteiger partial charge in [0.2, 0.25) is 0 Å². The zero-order valence-corrected chi connectivity index (χ0v) is 10.9. The Bertz CT molecular complexity index is 600. The third kappa shape index (κ3) is 2.53. The second kappa shape index (κ2) is 5.71. The molecule has 1 unspecified atom stereocenters. The van der Waals surface area contributed by atoms with Crippen LogP contribution in [0.25, 0.3) is 10.9 Å². The lowest BCUT2D eigenvalue weighted by Gasteiger charge is -2.05. The maximum Gasteiger partial charge on any atom is 0.418 e. The van der Waals surface area contributed by atoms with Crippen molar-refractivity contribution in [3.05, 3.63) is 48.7 Å². The fraction of sp³-hybridized carbons (Fsp3) is 0.267. The van der Waals surface area contributed by atoms with E-state index in [2.05, 4.69) is 6.58 Å². The molecule has 1 aromatic carbocycles. The predicted octanol–water partition coefficient (Wildman–Crippen LogP) is 3.26. The minimum atomic E-state index is -0.668. The van der Waals surface area contributed by atoms with Crippen LogP contribution in [0.3, 0.4) is 0 Å². The summed E-state index contributed by atoms with van der Waals surface area (Å²) >= 11 is 0. The highest BCUT2D eigenvalue weighted by molar-refractivity contribution is 5.92. The van der Waals surface area contributed by atoms with Gasteiger partial charge in [-0.15, -0.1) is 6.58 Å². The number of aromatic nitrogens is 1. The molecule has 0 saturated carbocycles. The summed E-state index contributed by atoms with van der Waals surface area (Å²) in [6.45, 7) is 5.70. The topological polar surface area (TPSA) is 51.5 Å². The number of para-hydroxylation sites is 1. The third-order valence-corrected chi connectivity index (χ3v) is 2.96. The van der Waals surface area contributed by atoms with E-state index in [0.29, 0.717) is 18.6 Å². The lowest BCUT2D eigenvalue weighted by Crippen LogP contribution is -2.12. The van der Waals surface area contributed by atoms with Crippen molar-refractivity contribution in [3.63, 3.8) is 0 Å². The van der Waals surface area contributed by atoms with Gasteiger partial charge >= 0.3 is 6.09 Å². The number of benzene rings is 1. The third-order valence-electron chi connectivity index (χ3n) is 2.96. The minimum Gasteiger partial charge on any atom is -0.449 e. The molecule has 1 aromatic heterocycles. The second-order valence-electron chi connectivity index (χ2n) is 4.21. The largest absolute Gasteiger partial charge is 0.449 e. The first-order chi connectivity index (χ1) is 9.19. The zero-order chi connectivity index (χ0) is 13.8. The number of aliphatic hydroxyl groups excluding tert-OH is 1. The molecular formula is C15H17NO3. The van der Waals surface area contributed by atoms with Gasteiger partial charge in [-0.3, -0.25) is 4.57 Å². The van der Waals surface area contributed by atoms with Crippen LogP contribution in [0.1, 0.15) is 25.0 Å². The molecule has 4 heteroatoms. The van der Waals surface area contributed by atoms with Crippen molar-refractivity contribution in [1.29, 1.82) is 0 Å². The summed E-state index contributed by atoms with van der Waals surface area (Å²) in [5.74, 6) is 0. The molecule has 100 valence electrons. The average Bonchev–Trinajstić information content (AvgIpc) is 2.79. The van der Waals surface area contributed by atoms with E-state index in [1.165, 1.54) is 4.57 Å². The van der Waals surface area contributed by atoms with Crippen LogP contribution in [-0.4, -0.2) is 22.4 Å². The molecule has 0 radical (unpaired) electrons. The Morgan fingerprint density at radius 2 is 2.26 bits per heavy atom. The molecular weight excluding hydrogens is 242 g/mol. The Morgan fingerprint density at radius 1 is 1.53 bits per heavy atom. The number of fused-ring (bicyclic) bond motifs is 1. The number of nitrogens with zero attached hydrogens (tertiary/aromatic N) is 1. The van der Waals surface area contributed by atoms with E-state index in [1.54, 1.807) is 19.2 Å². The standard InChI is InChI=1S/C15H17NO3/c1-3-7-14(17)12-10-16(15(18)19-4-2)13-9-6-5-8-11(12)13/h3,5-6,8-10,14,17H,1,4,7H2,2H3. The molecule has 0 aliphatic rings. The second-order valence-corrected chi connectivity index (χ2v) is 4.21. The molecule has 2 rings (SSSR count). The quantitative estimate of drug-likeness (QED) is 0.857. The van der Waals surface area contributed by atoms with Crippen molar-refractivity contribution < 1.29 is 14.6 Å². The molecule has 1 heterocycles. The number of carbonyl (C=O) groups excluding carboxylic acids is 1. The highest BCUT2D eigenvalue weighted by Gasteiger charge is 2.18. The molecule has 0 saturated heterocycles. The number of aliphatic hydroxyl groups is 1. The molecule has 4 nitrogen and oxygen atoms in total. The number of hydrogen-bond acceptors (Lipinski definition) is 3. The number of carbonyl (C=O) groups is 1. The zero-order valence-electron chi connectivity index (χ0n) is 10.9. The summed E-state index contributed by atoms with van der Waals surface area (Å²) in [5, 5.41) is 11.0. The number of hydrogen-bond donors (Lipinski definition) is 1. The Labute approximate surface area is 111 Å². The van der Waals surface area contributed by atoms with Gasteiger partial charge in [-0.2, -0.15) is 0 Å². The Morgan fingerprint density at radius 3 is 2.95 bits per heavy atom. The van der Waals surface area contributed by atoms with E-state index in [-0.39, 0.29) is 0 Å². The molecule has 1 N–H and O–H groups in total. The molecule has 0 fully saturated rings. The first kappa shape index (κ1) is 13.4. The van der Waals surface area contributed by atoms with Gasteiger partial charge in [0, 0.05) is 17.1 Å². The lowest BCUT2D eigenvalue weighted by atomic mass is 10.1. The predicted molar refractivity (Wildman–Crippen MR) is 74.1 cm³/mol. The summed E-state index contributed by atoms with van der Waals surface area (Å²) in [4.78, 5) is 11.9. The number of ether oxygens (including phenoxy) is 1. The van der Waals surface area contributed by atoms with E-state index in [1.807, 2.05) is 24.3 Å². The van der Waals surface area contributed by atoms with Crippen LogP contribution in [0.2, 0.25) is 0 Å². The summed E-state index contributed by atoms with van der Waals surface area (Å²) < 4.78 is 6.44. The van der Waals surface area contributed by atoms with Crippen molar-refractivity contribution in [2.75, 3.05) is 6.61 Å². The van der Waals surface area contributed by atoms with Crippen LogP contribution < -0.4 is 0 Å². The van der Waals surface area contributed by atoms with Gasteiger partial charge in [0.15, 0.2) is 0 Å². The Kier molecular flexibility index (Phi) is 4.02. The molecule has 1 atom stereocenters. The molecule has 0 amide bonds. The summed E-state index contributed by atoms with van der Waals surface area (Å²) in [7, 11) is 0. The number of rotatable bonds is 4. The van der Waals surface area contributed by atoms with Gasteiger partial charge in [-0.05, 0) is 19.4 Å². The van der Waals surface area contributed by atoms with E-state index >= 15 is 0 Å². The van der Waals surface area contributed by atoms with Crippen LogP contribution in [0.4, 0.5) is 4.79 Å². The monoisotopic (exact) mass is 259 g/mol. The highest BCUT2D eigenvalue weighted by Crippen LogP contribution is 2.28. The van der Waals surface area contributed by atoms with Crippen molar-refractivity contribution in [1.82, 2.24) is 4.57 Å². The fourth-order valence-corrected chi connectivity index (χ4v) is 2.10. The lowest BCUT2D eigenvalue weighted by molar-refractivity contribution is 0.154. The van der Waals surface area contributed by atoms with Crippen molar-refractivity contribution in [2.24, 2.45) is 0 Å². The summed E-state index contributed by atoms with van der Waals surface area (Å²) in [5.41, 5.74) is 1.45. The van der Waals surface area contributed by atoms with Crippen molar-refractivity contribution in [2.45, 2.75) is 19.4 Å². The van der Waals surface area contributed by atoms with Gasteiger partial charge in [-0.1, -0.05) is 24.3 Å². The van der Waals surface area contributed by atoms with E-state index in [9.17, 15) is 9.90 Å². The first-order valence-electron chi connectivity index (χ1n) is 6.25. The molecule has 19 heavy (non-hydrogen) atoms. The maximum absolute atomic E-state index is 11.9. The molecule has 0 spiro atoms. The van der Waals surface area contributed by atoms with Crippen molar-refractivity contribution >= 4 is 17.0 Å². The summed E-state index contributed by atoms with van der Waals surface area (Å²) in [6.07, 6.45) is 2.63. The van der Waals surface area contributed by atoms with E-state index in [4.69, 9.17) is 4.74 Å². The van der Waals surface area contributed by atoms with Crippen LogP contribution in [0.5, 0.6) is 0 Å². The van der Waals surface area contributed by atoms with Crippen LogP contribution >= 0.6 is 0 Å². The van der Waals surface area contributed by atoms with Crippen LogP contribution in [0.15, 0.2) is 43.1 Å². The molecule has 0 aliphatic carbocycles. The Hall–Kier alpha value is -2.07. The van der Waals surface area contributed by atoms with Gasteiger partial charge in [0.05, 0.1) is 18.2 Å². The summed E-state index contributed by atoms with van der Waals surface area (Å²) in [6, 6.07) is 7.44. The normalized spacial score (nSPS) is 12.3. The van der Waals surface area contributed by atoms with Gasteiger partial charge < -0.3 is 9.84 Å². The molecule has 2 aromatic rings. The smallest absolute Gasteiger partial charge is 0.418 e. The van der Waals surface area contributed by atoms with Crippen LogP contribution in [-0.2, 0) is 4.74 Å². The Balaban J connectivity index is 2.54. The first-order valence-corrected chi connectivity index (χ1v) is 6.25. The molecule has 0 bridgehead atoms.